The van der Waals surface area contributed by atoms with Crippen LogP contribution in [0.25, 0.3) is 0 Å². The van der Waals surface area contributed by atoms with Crippen LogP contribution in [0.15, 0.2) is 12.1 Å². The number of ether oxygens (including phenoxy) is 1. The lowest BCUT2D eigenvalue weighted by Gasteiger charge is -2.10. The molecule has 0 aliphatic rings. The highest BCUT2D eigenvalue weighted by Crippen LogP contribution is 2.27. The van der Waals surface area contributed by atoms with E-state index in [1.54, 1.807) is 13.0 Å². The maximum absolute atomic E-state index is 11.7. The van der Waals surface area contributed by atoms with Crippen LogP contribution in [0.4, 0.5) is 4.79 Å². The molecule has 3 N–H and O–H groups in total. The molecule has 2 amide bonds. The maximum Gasteiger partial charge on any atom is 0.404 e. The topological polar surface area (TPSA) is 81.4 Å². The molecule has 0 aliphatic carbocycles. The zero-order valence-corrected chi connectivity index (χ0v) is 10.8. The molecule has 1 aromatic heterocycles. The van der Waals surface area contributed by atoms with Crippen LogP contribution in [0, 0.1) is 0 Å². The van der Waals surface area contributed by atoms with Gasteiger partial charge in [-0.15, -0.1) is 11.3 Å². The standard InChI is InChI=1S/C10H13ClN2O3S/c1-6(7-2-3-8(11)17-7)9(14)13-4-5-16-10(12)15/h2-3,6H,4-5H2,1H3,(H2,12,15)(H,13,14)/t6-/m1/s1. The maximum atomic E-state index is 11.7. The average Bonchev–Trinajstić information content (AvgIpc) is 2.69. The van der Waals surface area contributed by atoms with Crippen molar-refractivity contribution in [3.63, 3.8) is 0 Å². The van der Waals surface area contributed by atoms with E-state index in [4.69, 9.17) is 17.3 Å². The van der Waals surface area contributed by atoms with Crippen LogP contribution < -0.4 is 11.1 Å². The second kappa shape index (κ2) is 6.46. The lowest BCUT2D eigenvalue weighted by Crippen LogP contribution is -2.31. The number of halogens is 1. The highest BCUT2D eigenvalue weighted by molar-refractivity contribution is 7.16. The Balaban J connectivity index is 2.35. The molecule has 0 fully saturated rings. The van der Waals surface area contributed by atoms with Crippen LogP contribution in [-0.4, -0.2) is 25.2 Å². The fourth-order valence-corrected chi connectivity index (χ4v) is 2.28. The molecule has 0 unspecified atom stereocenters. The fourth-order valence-electron chi connectivity index (χ4n) is 1.17. The van der Waals surface area contributed by atoms with Crippen molar-refractivity contribution < 1.29 is 14.3 Å². The molecule has 0 saturated heterocycles. The van der Waals surface area contributed by atoms with Crippen LogP contribution >= 0.6 is 22.9 Å². The number of nitrogens with one attached hydrogen (secondary N) is 1. The van der Waals surface area contributed by atoms with Crippen molar-refractivity contribution in [2.45, 2.75) is 12.8 Å². The van der Waals surface area contributed by atoms with Gasteiger partial charge in [-0.3, -0.25) is 4.79 Å². The summed E-state index contributed by atoms with van der Waals surface area (Å²) in [7, 11) is 0. The van der Waals surface area contributed by atoms with Crippen LogP contribution in [0.1, 0.15) is 17.7 Å². The molecule has 5 nitrogen and oxygen atoms in total. The summed E-state index contributed by atoms with van der Waals surface area (Å²) in [5, 5.41) is 2.64. The van der Waals surface area contributed by atoms with Crippen molar-refractivity contribution in [1.82, 2.24) is 5.32 Å². The van der Waals surface area contributed by atoms with Crippen molar-refractivity contribution in [1.29, 1.82) is 0 Å². The first-order chi connectivity index (χ1) is 8.00. The third-order valence-corrected chi connectivity index (χ3v) is 3.47. The molecular weight excluding hydrogens is 264 g/mol. The summed E-state index contributed by atoms with van der Waals surface area (Å²) in [4.78, 5) is 22.8. The molecule has 0 spiro atoms. The molecule has 7 heteroatoms. The SMILES string of the molecule is C[C@@H](C(=O)NCCOC(N)=O)c1ccc(Cl)s1. The van der Waals surface area contributed by atoms with E-state index < -0.39 is 6.09 Å². The molecule has 0 saturated carbocycles. The van der Waals surface area contributed by atoms with E-state index in [1.807, 2.05) is 6.07 Å². The van der Waals surface area contributed by atoms with Crippen molar-refractivity contribution >= 4 is 34.9 Å². The summed E-state index contributed by atoms with van der Waals surface area (Å²) in [5.74, 6) is -0.419. The van der Waals surface area contributed by atoms with Gasteiger partial charge in [0.1, 0.15) is 6.61 Å². The van der Waals surface area contributed by atoms with E-state index in [0.29, 0.717) is 4.34 Å². The molecule has 1 aromatic rings. The average molecular weight is 277 g/mol. The predicted molar refractivity (Wildman–Crippen MR) is 66.3 cm³/mol. The number of carbonyl (C=O) groups is 2. The summed E-state index contributed by atoms with van der Waals surface area (Å²) < 4.78 is 5.14. The van der Waals surface area contributed by atoms with E-state index in [2.05, 4.69) is 10.1 Å². The third-order valence-electron chi connectivity index (χ3n) is 2.06. The molecule has 17 heavy (non-hydrogen) atoms. The Morgan fingerprint density at radius 2 is 2.29 bits per heavy atom. The minimum Gasteiger partial charge on any atom is -0.448 e. The van der Waals surface area contributed by atoms with Crippen molar-refractivity contribution in [2.24, 2.45) is 5.73 Å². The zero-order chi connectivity index (χ0) is 12.8. The van der Waals surface area contributed by atoms with Gasteiger partial charge in [0.05, 0.1) is 16.8 Å². The normalized spacial score (nSPS) is 11.9. The van der Waals surface area contributed by atoms with Gasteiger partial charge in [-0.1, -0.05) is 11.6 Å². The first-order valence-electron chi connectivity index (χ1n) is 4.96. The van der Waals surface area contributed by atoms with Gasteiger partial charge >= 0.3 is 6.09 Å². The number of carbonyl (C=O) groups excluding carboxylic acids is 2. The molecular formula is C10H13ClN2O3S. The van der Waals surface area contributed by atoms with Crippen molar-refractivity contribution in [3.8, 4) is 0 Å². The Kier molecular flexibility index (Phi) is 5.24. The van der Waals surface area contributed by atoms with Gasteiger partial charge in [-0.2, -0.15) is 0 Å². The minimum absolute atomic E-state index is 0.0684. The van der Waals surface area contributed by atoms with Gasteiger partial charge in [0.25, 0.3) is 0 Å². The summed E-state index contributed by atoms with van der Waals surface area (Å²) in [6, 6.07) is 3.57. The van der Waals surface area contributed by atoms with Gasteiger partial charge < -0.3 is 15.8 Å². The Bertz CT molecular complexity index is 408. The number of hydrogen-bond acceptors (Lipinski definition) is 4. The lowest BCUT2D eigenvalue weighted by atomic mass is 10.1. The quantitative estimate of drug-likeness (QED) is 0.804. The second-order valence-corrected chi connectivity index (χ2v) is 5.07. The third kappa shape index (κ3) is 4.62. The summed E-state index contributed by atoms with van der Waals surface area (Å²) in [6.07, 6.45) is -0.850. The number of hydrogen-bond donors (Lipinski definition) is 2. The second-order valence-electron chi connectivity index (χ2n) is 3.32. The predicted octanol–water partition coefficient (Wildman–Crippen LogP) is 1.72. The van der Waals surface area contributed by atoms with Crippen molar-refractivity contribution in [2.75, 3.05) is 13.2 Å². The van der Waals surface area contributed by atoms with Crippen molar-refractivity contribution in [3.05, 3.63) is 21.3 Å². The fraction of sp³-hybridized carbons (Fsp3) is 0.400. The Hall–Kier alpha value is -1.27. The molecule has 0 radical (unpaired) electrons. The number of nitrogens with two attached hydrogens (primary N) is 1. The molecule has 0 bridgehead atoms. The zero-order valence-electron chi connectivity index (χ0n) is 9.23. The molecule has 0 aliphatic heterocycles. The number of amides is 2. The highest BCUT2D eigenvalue weighted by atomic mass is 35.5. The van der Waals surface area contributed by atoms with Gasteiger partial charge in [-0.25, -0.2) is 4.79 Å². The Morgan fingerprint density at radius 3 is 2.82 bits per heavy atom. The molecule has 1 atom stereocenters. The summed E-state index contributed by atoms with van der Waals surface area (Å²) in [6.45, 7) is 2.09. The minimum atomic E-state index is -0.850. The Labute approximate surface area is 108 Å². The van der Waals surface area contributed by atoms with E-state index in [0.717, 1.165) is 4.88 Å². The Morgan fingerprint density at radius 1 is 1.59 bits per heavy atom. The summed E-state index contributed by atoms with van der Waals surface area (Å²) in [5.41, 5.74) is 4.78. The first-order valence-corrected chi connectivity index (χ1v) is 6.15. The van der Waals surface area contributed by atoms with Gasteiger partial charge in [0.2, 0.25) is 5.91 Å². The molecule has 94 valence electrons. The van der Waals surface area contributed by atoms with Crippen LogP contribution in [-0.2, 0) is 9.53 Å². The van der Waals surface area contributed by atoms with Gasteiger partial charge in [0, 0.05) is 4.88 Å². The number of primary amides is 1. The monoisotopic (exact) mass is 276 g/mol. The largest absolute Gasteiger partial charge is 0.448 e. The molecule has 1 heterocycles. The van der Waals surface area contributed by atoms with Crippen LogP contribution in [0.2, 0.25) is 4.34 Å². The summed E-state index contributed by atoms with van der Waals surface area (Å²) >= 11 is 7.15. The lowest BCUT2D eigenvalue weighted by molar-refractivity contribution is -0.122. The van der Waals surface area contributed by atoms with Crippen LogP contribution in [0.3, 0.4) is 0 Å². The molecule has 1 rings (SSSR count). The smallest absolute Gasteiger partial charge is 0.404 e. The highest BCUT2D eigenvalue weighted by Gasteiger charge is 2.16. The van der Waals surface area contributed by atoms with E-state index in [-0.39, 0.29) is 25.0 Å². The first kappa shape index (κ1) is 13.8. The van der Waals surface area contributed by atoms with Crippen LogP contribution in [0.5, 0.6) is 0 Å². The van der Waals surface area contributed by atoms with Gasteiger partial charge in [-0.05, 0) is 19.1 Å². The van der Waals surface area contributed by atoms with E-state index in [9.17, 15) is 9.59 Å². The number of thiophene rings is 1. The van der Waals surface area contributed by atoms with Gasteiger partial charge in [0.15, 0.2) is 0 Å². The number of rotatable bonds is 5. The van der Waals surface area contributed by atoms with E-state index >= 15 is 0 Å². The van der Waals surface area contributed by atoms with E-state index in [1.165, 1.54) is 11.3 Å². The molecule has 0 aromatic carbocycles.